The summed E-state index contributed by atoms with van der Waals surface area (Å²) in [4.78, 5) is 22.8. The molecular formula is C11H17NO3. The van der Waals surface area contributed by atoms with E-state index < -0.39 is 5.54 Å². The van der Waals surface area contributed by atoms with Crippen LogP contribution in [0.1, 0.15) is 26.7 Å². The number of amides is 1. The van der Waals surface area contributed by atoms with Gasteiger partial charge in [-0.05, 0) is 25.7 Å². The highest BCUT2D eigenvalue weighted by Gasteiger charge is 2.49. The van der Waals surface area contributed by atoms with Crippen molar-refractivity contribution in [1.82, 2.24) is 5.32 Å². The van der Waals surface area contributed by atoms with E-state index >= 15 is 0 Å². The quantitative estimate of drug-likeness (QED) is 0.545. The molecule has 1 aliphatic rings. The molecule has 1 atom stereocenters. The van der Waals surface area contributed by atoms with Gasteiger partial charge in [0.2, 0.25) is 5.91 Å². The number of esters is 1. The highest BCUT2D eigenvalue weighted by atomic mass is 16.5. The molecule has 1 aliphatic carbocycles. The molecule has 84 valence electrons. The summed E-state index contributed by atoms with van der Waals surface area (Å²) in [5.41, 5.74) is -0.866. The molecule has 4 heteroatoms. The Bertz CT molecular complexity index is 284. The average Bonchev–Trinajstić information content (AvgIpc) is 2.95. The number of nitrogens with one attached hydrogen (secondary N) is 1. The third-order valence-corrected chi connectivity index (χ3v) is 2.59. The van der Waals surface area contributed by atoms with Crippen LogP contribution in [0.5, 0.6) is 0 Å². The minimum absolute atomic E-state index is 0.181. The summed E-state index contributed by atoms with van der Waals surface area (Å²) in [7, 11) is 0. The van der Waals surface area contributed by atoms with Crippen LogP contribution in [-0.2, 0) is 14.3 Å². The summed E-state index contributed by atoms with van der Waals surface area (Å²) in [6.07, 6.45) is 3.43. The van der Waals surface area contributed by atoms with Crippen molar-refractivity contribution >= 4 is 11.9 Å². The lowest BCUT2D eigenvalue weighted by atomic mass is 9.96. The number of rotatable bonds is 5. The van der Waals surface area contributed by atoms with Gasteiger partial charge in [-0.15, -0.1) is 0 Å². The van der Waals surface area contributed by atoms with E-state index in [0.717, 1.165) is 12.8 Å². The Balaban J connectivity index is 2.66. The van der Waals surface area contributed by atoms with Gasteiger partial charge >= 0.3 is 5.97 Å². The van der Waals surface area contributed by atoms with Gasteiger partial charge in [-0.2, -0.15) is 0 Å². The van der Waals surface area contributed by atoms with Crippen LogP contribution in [0.3, 0.4) is 0 Å². The first kappa shape index (κ1) is 11.8. The lowest BCUT2D eigenvalue weighted by Crippen LogP contribution is -2.54. The molecular weight excluding hydrogens is 194 g/mol. The molecule has 0 radical (unpaired) electrons. The Kier molecular flexibility index (Phi) is 3.50. The van der Waals surface area contributed by atoms with Gasteiger partial charge in [-0.3, -0.25) is 4.79 Å². The molecule has 1 rings (SSSR count). The molecule has 1 N–H and O–H groups in total. The number of hydrogen-bond donors (Lipinski definition) is 1. The Morgan fingerprint density at radius 1 is 1.60 bits per heavy atom. The van der Waals surface area contributed by atoms with Crippen molar-refractivity contribution in [2.75, 3.05) is 6.61 Å². The third kappa shape index (κ3) is 2.81. The first-order valence-electron chi connectivity index (χ1n) is 5.07. The average molecular weight is 211 g/mol. The second kappa shape index (κ2) is 4.47. The number of carbonyl (C=O) groups excluding carboxylic acids is 2. The second-order valence-corrected chi connectivity index (χ2v) is 4.04. The van der Waals surface area contributed by atoms with Crippen LogP contribution in [0.15, 0.2) is 12.7 Å². The van der Waals surface area contributed by atoms with Crippen molar-refractivity contribution in [3.8, 4) is 0 Å². The molecule has 1 amide bonds. The van der Waals surface area contributed by atoms with E-state index in [2.05, 4.69) is 11.9 Å². The fraction of sp³-hybridized carbons (Fsp3) is 0.636. The first-order chi connectivity index (χ1) is 7.00. The van der Waals surface area contributed by atoms with Crippen molar-refractivity contribution in [2.45, 2.75) is 32.2 Å². The minimum Gasteiger partial charge on any atom is -0.460 e. The maximum atomic E-state index is 11.8. The number of carbonyl (C=O) groups is 2. The number of hydrogen-bond acceptors (Lipinski definition) is 3. The van der Waals surface area contributed by atoms with Crippen molar-refractivity contribution in [3.63, 3.8) is 0 Å². The smallest absolute Gasteiger partial charge is 0.332 e. The van der Waals surface area contributed by atoms with Crippen LogP contribution >= 0.6 is 0 Å². The Labute approximate surface area is 89.7 Å². The maximum absolute atomic E-state index is 11.8. The number of ether oxygens (including phenoxy) is 1. The molecule has 0 bridgehead atoms. The van der Waals surface area contributed by atoms with Crippen LogP contribution in [0.2, 0.25) is 0 Å². The van der Waals surface area contributed by atoms with Gasteiger partial charge < -0.3 is 10.1 Å². The Morgan fingerprint density at radius 2 is 2.20 bits per heavy atom. The van der Waals surface area contributed by atoms with Gasteiger partial charge in [-0.1, -0.05) is 12.7 Å². The normalized spacial score (nSPS) is 18.8. The van der Waals surface area contributed by atoms with Gasteiger partial charge in [0.1, 0.15) is 12.1 Å². The predicted octanol–water partition coefficient (Wildman–Crippen LogP) is 1.02. The first-order valence-corrected chi connectivity index (χ1v) is 5.07. The van der Waals surface area contributed by atoms with Gasteiger partial charge in [-0.25, -0.2) is 4.79 Å². The SMILES string of the molecule is C=CCOC(=O)C(C)(NC(C)=O)C1CC1. The molecule has 0 aliphatic heterocycles. The largest absolute Gasteiger partial charge is 0.460 e. The summed E-state index contributed by atoms with van der Waals surface area (Å²) in [6.45, 7) is 6.78. The molecule has 0 aromatic heterocycles. The Hall–Kier alpha value is -1.32. The van der Waals surface area contributed by atoms with Crippen LogP contribution < -0.4 is 5.32 Å². The van der Waals surface area contributed by atoms with E-state index in [1.54, 1.807) is 6.92 Å². The highest BCUT2D eigenvalue weighted by Crippen LogP contribution is 2.40. The van der Waals surface area contributed by atoms with Crippen LogP contribution in [0.4, 0.5) is 0 Å². The fourth-order valence-electron chi connectivity index (χ4n) is 1.63. The van der Waals surface area contributed by atoms with Crippen molar-refractivity contribution in [2.24, 2.45) is 5.92 Å². The summed E-state index contributed by atoms with van der Waals surface area (Å²) >= 11 is 0. The van der Waals surface area contributed by atoms with E-state index in [1.165, 1.54) is 13.0 Å². The minimum atomic E-state index is -0.866. The van der Waals surface area contributed by atoms with Gasteiger partial charge in [0, 0.05) is 6.92 Å². The summed E-state index contributed by atoms with van der Waals surface area (Å²) in [5.74, 6) is -0.376. The summed E-state index contributed by atoms with van der Waals surface area (Å²) < 4.78 is 4.99. The van der Waals surface area contributed by atoms with E-state index in [9.17, 15) is 9.59 Å². The van der Waals surface area contributed by atoms with Crippen molar-refractivity contribution in [1.29, 1.82) is 0 Å². The van der Waals surface area contributed by atoms with Gasteiger partial charge in [0.05, 0.1) is 0 Å². The maximum Gasteiger partial charge on any atom is 0.332 e. The molecule has 0 saturated heterocycles. The van der Waals surface area contributed by atoms with Gasteiger partial charge in [0.25, 0.3) is 0 Å². The molecule has 4 nitrogen and oxygen atoms in total. The summed E-state index contributed by atoms with van der Waals surface area (Å²) in [6, 6.07) is 0. The molecule has 1 fully saturated rings. The van der Waals surface area contributed by atoms with Gasteiger partial charge in [0.15, 0.2) is 0 Å². The van der Waals surface area contributed by atoms with Crippen molar-refractivity contribution in [3.05, 3.63) is 12.7 Å². The predicted molar refractivity (Wildman–Crippen MR) is 56.1 cm³/mol. The van der Waals surface area contributed by atoms with E-state index in [-0.39, 0.29) is 24.4 Å². The van der Waals surface area contributed by atoms with Crippen LogP contribution in [-0.4, -0.2) is 24.0 Å². The highest BCUT2D eigenvalue weighted by molar-refractivity contribution is 5.87. The second-order valence-electron chi connectivity index (χ2n) is 4.04. The zero-order chi connectivity index (χ0) is 11.5. The molecule has 1 unspecified atom stereocenters. The van der Waals surface area contributed by atoms with Crippen LogP contribution in [0.25, 0.3) is 0 Å². The lowest BCUT2D eigenvalue weighted by molar-refractivity contribution is -0.152. The monoisotopic (exact) mass is 211 g/mol. The Morgan fingerprint density at radius 3 is 2.60 bits per heavy atom. The molecule has 0 heterocycles. The van der Waals surface area contributed by atoms with E-state index in [1.807, 2.05) is 0 Å². The summed E-state index contributed by atoms with van der Waals surface area (Å²) in [5, 5.41) is 2.68. The topological polar surface area (TPSA) is 55.4 Å². The lowest BCUT2D eigenvalue weighted by Gasteiger charge is -2.27. The molecule has 1 saturated carbocycles. The zero-order valence-corrected chi connectivity index (χ0v) is 9.21. The fourth-order valence-corrected chi connectivity index (χ4v) is 1.63. The van der Waals surface area contributed by atoms with E-state index in [0.29, 0.717) is 0 Å². The molecule has 15 heavy (non-hydrogen) atoms. The molecule has 0 spiro atoms. The molecule has 0 aromatic rings. The van der Waals surface area contributed by atoms with Crippen molar-refractivity contribution < 1.29 is 14.3 Å². The molecule has 0 aromatic carbocycles. The third-order valence-electron chi connectivity index (χ3n) is 2.59. The zero-order valence-electron chi connectivity index (χ0n) is 9.21. The van der Waals surface area contributed by atoms with Crippen LogP contribution in [0, 0.1) is 5.92 Å². The standard InChI is InChI=1S/C11H17NO3/c1-4-7-15-10(14)11(3,9-5-6-9)12-8(2)13/h4,9H,1,5-7H2,2-3H3,(H,12,13). The van der Waals surface area contributed by atoms with E-state index in [4.69, 9.17) is 4.74 Å².